The van der Waals surface area contributed by atoms with Gasteiger partial charge in [0.25, 0.3) is 0 Å². The maximum atomic E-state index is 13.4. The van der Waals surface area contributed by atoms with E-state index in [2.05, 4.69) is 29.1 Å². The largest absolute Gasteiger partial charge is 0.494 e. The Balaban J connectivity index is 1.24. The molecule has 0 heterocycles. The van der Waals surface area contributed by atoms with E-state index in [0.717, 1.165) is 31.4 Å². The molecule has 5 rings (SSSR count). The number of unbranched alkanes of at least 4 members (excludes halogenated alkanes) is 10. The molecule has 9 heteroatoms. The SMILES string of the molecule is CCCCCCCCOc1ccc(C(=O)Oc2ccc(C=Nc3ccc(N=Nc4ccccc4)cc3)c(OC(=O)c3ccc(OCCCCCCCC)cc3)c2)cc1. The molecule has 0 fully saturated rings. The van der Waals surface area contributed by atoms with Gasteiger partial charge < -0.3 is 18.9 Å². The first-order chi connectivity index (χ1) is 28.5. The molecule has 5 aromatic carbocycles. The molecule has 0 saturated carbocycles. The summed E-state index contributed by atoms with van der Waals surface area (Å²) in [6, 6.07) is 35.4. The summed E-state index contributed by atoms with van der Waals surface area (Å²) in [5.41, 5.74) is 3.31. The lowest BCUT2D eigenvalue weighted by Gasteiger charge is -2.11. The number of nitrogens with zero attached hydrogens (tertiary/aromatic N) is 3. The molecule has 0 atom stereocenters. The number of rotatable bonds is 24. The van der Waals surface area contributed by atoms with Crippen molar-refractivity contribution in [1.29, 1.82) is 0 Å². The van der Waals surface area contributed by atoms with Crippen LogP contribution in [0.4, 0.5) is 17.1 Å². The Kier molecular flexibility index (Phi) is 18.2. The predicted octanol–water partition coefficient (Wildman–Crippen LogP) is 13.8. The number of benzene rings is 5. The van der Waals surface area contributed by atoms with Gasteiger partial charge in [0.05, 0.1) is 41.4 Å². The van der Waals surface area contributed by atoms with E-state index < -0.39 is 11.9 Å². The summed E-state index contributed by atoms with van der Waals surface area (Å²) in [5, 5.41) is 8.55. The van der Waals surface area contributed by atoms with Crippen molar-refractivity contribution in [2.24, 2.45) is 15.2 Å². The maximum Gasteiger partial charge on any atom is 0.343 e. The Morgan fingerprint density at radius 3 is 1.50 bits per heavy atom. The van der Waals surface area contributed by atoms with E-state index in [9.17, 15) is 9.59 Å². The number of hydrogen-bond acceptors (Lipinski definition) is 9. The van der Waals surface area contributed by atoms with Crippen molar-refractivity contribution in [3.05, 3.63) is 138 Å². The average molecular weight is 782 g/mol. The van der Waals surface area contributed by atoms with Crippen LogP contribution < -0.4 is 18.9 Å². The van der Waals surface area contributed by atoms with Gasteiger partial charge in [-0.25, -0.2) is 9.59 Å². The number of ether oxygens (including phenoxy) is 4. The highest BCUT2D eigenvalue weighted by Crippen LogP contribution is 2.28. The third-order valence-electron chi connectivity index (χ3n) is 9.35. The van der Waals surface area contributed by atoms with Gasteiger partial charge in [0.1, 0.15) is 23.0 Å². The molecule has 0 aliphatic carbocycles. The minimum atomic E-state index is -0.578. The quantitative estimate of drug-likeness (QED) is 0.0203. The van der Waals surface area contributed by atoms with Gasteiger partial charge in [-0.1, -0.05) is 96.3 Å². The molecule has 0 N–H and O–H groups in total. The van der Waals surface area contributed by atoms with Gasteiger partial charge in [0, 0.05) is 17.8 Å². The van der Waals surface area contributed by atoms with Gasteiger partial charge in [-0.05, 0) is 110 Å². The highest BCUT2D eigenvalue weighted by molar-refractivity contribution is 5.94. The fourth-order valence-electron chi connectivity index (χ4n) is 5.98. The van der Waals surface area contributed by atoms with E-state index in [1.165, 1.54) is 57.4 Å². The van der Waals surface area contributed by atoms with Crippen LogP contribution in [0.3, 0.4) is 0 Å². The minimum Gasteiger partial charge on any atom is -0.494 e. The van der Waals surface area contributed by atoms with Crippen molar-refractivity contribution in [2.45, 2.75) is 90.9 Å². The minimum absolute atomic E-state index is 0.175. The molecule has 58 heavy (non-hydrogen) atoms. The smallest absolute Gasteiger partial charge is 0.343 e. The van der Waals surface area contributed by atoms with Crippen molar-refractivity contribution < 1.29 is 28.5 Å². The highest BCUT2D eigenvalue weighted by Gasteiger charge is 2.16. The molecule has 0 amide bonds. The first kappa shape index (κ1) is 43.0. The van der Waals surface area contributed by atoms with Crippen LogP contribution in [0.15, 0.2) is 137 Å². The van der Waals surface area contributed by atoms with Crippen LogP contribution in [0.25, 0.3) is 0 Å². The van der Waals surface area contributed by atoms with E-state index in [1.54, 1.807) is 66.9 Å². The van der Waals surface area contributed by atoms with Gasteiger partial charge in [0.2, 0.25) is 0 Å². The molecule has 0 aliphatic rings. The summed E-state index contributed by atoms with van der Waals surface area (Å²) < 4.78 is 23.4. The second kappa shape index (κ2) is 24.5. The molecular formula is C49H55N3O6. The zero-order valence-electron chi connectivity index (χ0n) is 33.8. The summed E-state index contributed by atoms with van der Waals surface area (Å²) in [5.74, 6) is 0.643. The lowest BCUT2D eigenvalue weighted by atomic mass is 10.1. The molecule has 0 unspecified atom stereocenters. The summed E-state index contributed by atoms with van der Waals surface area (Å²) in [7, 11) is 0. The fourth-order valence-corrected chi connectivity index (χ4v) is 5.98. The van der Waals surface area contributed by atoms with Crippen molar-refractivity contribution in [1.82, 2.24) is 0 Å². The van der Waals surface area contributed by atoms with Crippen LogP contribution in [0.5, 0.6) is 23.0 Å². The Bertz CT molecular complexity index is 2030. The van der Waals surface area contributed by atoms with Crippen LogP contribution in [0.2, 0.25) is 0 Å². The molecule has 0 saturated heterocycles. The van der Waals surface area contributed by atoms with Gasteiger partial charge in [0.15, 0.2) is 0 Å². The third-order valence-corrected chi connectivity index (χ3v) is 9.35. The van der Waals surface area contributed by atoms with Crippen molar-refractivity contribution in [3.8, 4) is 23.0 Å². The highest BCUT2D eigenvalue weighted by atomic mass is 16.5. The molecule has 0 spiro atoms. The lowest BCUT2D eigenvalue weighted by Crippen LogP contribution is -2.11. The number of carbonyl (C=O) groups is 2. The van der Waals surface area contributed by atoms with E-state index in [4.69, 9.17) is 18.9 Å². The topological polar surface area (TPSA) is 108 Å². The first-order valence-corrected chi connectivity index (χ1v) is 20.7. The van der Waals surface area contributed by atoms with Crippen LogP contribution >= 0.6 is 0 Å². The Hall–Kier alpha value is -6.09. The Morgan fingerprint density at radius 1 is 0.483 bits per heavy atom. The van der Waals surface area contributed by atoms with E-state index >= 15 is 0 Å². The van der Waals surface area contributed by atoms with E-state index in [0.29, 0.717) is 52.8 Å². The summed E-state index contributed by atoms with van der Waals surface area (Å²) in [6.45, 7) is 5.68. The first-order valence-electron chi connectivity index (χ1n) is 20.7. The van der Waals surface area contributed by atoms with E-state index in [-0.39, 0.29) is 11.5 Å². The normalized spacial score (nSPS) is 11.2. The van der Waals surface area contributed by atoms with Gasteiger partial charge >= 0.3 is 11.9 Å². The van der Waals surface area contributed by atoms with Crippen LogP contribution in [-0.2, 0) is 0 Å². The summed E-state index contributed by atoms with van der Waals surface area (Å²) in [6.07, 6.45) is 15.8. The van der Waals surface area contributed by atoms with Crippen LogP contribution in [0.1, 0.15) is 117 Å². The monoisotopic (exact) mass is 781 g/mol. The second-order valence-electron chi connectivity index (χ2n) is 14.1. The molecule has 0 radical (unpaired) electrons. The Morgan fingerprint density at radius 2 is 0.948 bits per heavy atom. The zero-order chi connectivity index (χ0) is 40.6. The Labute approximate surface area is 343 Å². The second-order valence-corrected chi connectivity index (χ2v) is 14.1. The molecule has 0 aliphatic heterocycles. The molecular weight excluding hydrogens is 727 g/mol. The molecule has 5 aromatic rings. The number of aliphatic imine (C=N–C) groups is 1. The van der Waals surface area contributed by atoms with Gasteiger partial charge in [-0.2, -0.15) is 10.2 Å². The number of hydrogen-bond donors (Lipinski definition) is 0. The standard InChI is InChI=1S/C49H55N3O6/c1-3-5-7-9-11-16-34-55-44-29-20-38(21-30-44)48(53)57-46-33-24-40(37-50-41-25-27-43(28-26-41)52-51-42-18-14-13-15-19-42)47(36-46)58-49(54)39-22-31-45(32-23-39)56-35-17-12-10-8-6-4-2/h13-15,18-33,36-37H,3-12,16-17,34-35H2,1-2H3. The zero-order valence-corrected chi connectivity index (χ0v) is 33.8. The van der Waals surface area contributed by atoms with Gasteiger partial charge in [-0.3, -0.25) is 4.99 Å². The molecule has 0 bridgehead atoms. The predicted molar refractivity (Wildman–Crippen MR) is 231 cm³/mol. The summed E-state index contributed by atoms with van der Waals surface area (Å²) >= 11 is 0. The lowest BCUT2D eigenvalue weighted by molar-refractivity contribution is 0.0732. The number of carbonyl (C=O) groups excluding carboxylic acids is 2. The molecule has 0 aromatic heterocycles. The number of azo groups is 1. The van der Waals surface area contributed by atoms with Crippen molar-refractivity contribution in [2.75, 3.05) is 13.2 Å². The van der Waals surface area contributed by atoms with Crippen molar-refractivity contribution >= 4 is 35.2 Å². The van der Waals surface area contributed by atoms with Crippen LogP contribution in [-0.4, -0.2) is 31.4 Å². The summed E-state index contributed by atoms with van der Waals surface area (Å²) in [4.78, 5) is 31.2. The average Bonchev–Trinajstić information content (AvgIpc) is 3.26. The maximum absolute atomic E-state index is 13.4. The van der Waals surface area contributed by atoms with Crippen molar-refractivity contribution in [3.63, 3.8) is 0 Å². The number of esters is 2. The molecule has 302 valence electrons. The fraction of sp³-hybridized carbons (Fsp3) is 0.327. The van der Waals surface area contributed by atoms with Crippen LogP contribution in [0, 0.1) is 0 Å². The molecule has 9 nitrogen and oxygen atoms in total. The third kappa shape index (κ3) is 15.1. The van der Waals surface area contributed by atoms with Gasteiger partial charge in [-0.15, -0.1) is 0 Å². The van der Waals surface area contributed by atoms with E-state index in [1.807, 2.05) is 54.6 Å².